The molecule has 1 saturated heterocycles. The van der Waals surface area contributed by atoms with Gasteiger partial charge in [0.05, 0.1) is 42.3 Å². The van der Waals surface area contributed by atoms with Crippen LogP contribution < -0.4 is 4.90 Å². The van der Waals surface area contributed by atoms with Crippen molar-refractivity contribution in [1.82, 2.24) is 19.9 Å². The van der Waals surface area contributed by atoms with Gasteiger partial charge in [-0.2, -0.15) is 28.4 Å². The van der Waals surface area contributed by atoms with Gasteiger partial charge in [0.1, 0.15) is 5.52 Å². The minimum Gasteiger partial charge on any atom is -0.370 e. The highest BCUT2D eigenvalue weighted by molar-refractivity contribution is 5.93. The monoisotopic (exact) mass is 461 g/mol. The van der Waals surface area contributed by atoms with Crippen LogP contribution in [0.2, 0.25) is 0 Å². The molecule has 1 atom stereocenters. The number of aromatic nitrogens is 4. The van der Waals surface area contributed by atoms with Crippen molar-refractivity contribution in [2.45, 2.75) is 51.8 Å². The van der Waals surface area contributed by atoms with Gasteiger partial charge in [0.25, 0.3) is 0 Å². The fraction of sp³-hybridized carbons (Fsp3) is 0.545. The van der Waals surface area contributed by atoms with E-state index in [1.807, 2.05) is 24.8 Å². The molecule has 33 heavy (non-hydrogen) atoms. The zero-order valence-corrected chi connectivity index (χ0v) is 18.8. The molecule has 2 aromatic heterocycles. The number of hydrogen-bond donors (Lipinski definition) is 0. The third kappa shape index (κ3) is 5.02. The summed E-state index contributed by atoms with van der Waals surface area (Å²) < 4.78 is 45.2. The van der Waals surface area contributed by atoms with Gasteiger partial charge in [0.2, 0.25) is 5.95 Å². The fourth-order valence-corrected chi connectivity index (χ4v) is 4.21. The van der Waals surface area contributed by atoms with Gasteiger partial charge in [-0.25, -0.2) is 15.0 Å². The number of hydrogen-bond acceptors (Lipinski definition) is 8. The topological polar surface area (TPSA) is 88.8 Å². The lowest BCUT2D eigenvalue weighted by Gasteiger charge is -2.37. The molecule has 8 nitrogen and oxygen atoms in total. The normalized spacial score (nSPS) is 24.7. The number of alkyl halides is 3. The first-order valence-electron chi connectivity index (χ1n) is 10.8. The lowest BCUT2D eigenvalue weighted by molar-refractivity contribution is -0.197. The van der Waals surface area contributed by atoms with Crippen LogP contribution >= 0.6 is 0 Å². The molecule has 2 aliphatic rings. The van der Waals surface area contributed by atoms with Gasteiger partial charge in [0, 0.05) is 25.4 Å². The molecule has 1 aliphatic carbocycles. The molecule has 0 N–H and O–H groups in total. The van der Waals surface area contributed by atoms with Crippen molar-refractivity contribution in [1.29, 1.82) is 0 Å². The predicted molar refractivity (Wildman–Crippen MR) is 120 cm³/mol. The summed E-state index contributed by atoms with van der Waals surface area (Å²) in [5.41, 5.74) is 3.78. The smallest absolute Gasteiger partial charge is 0.370 e. The molecule has 0 amide bonds. The molecule has 0 unspecified atom stereocenters. The summed E-state index contributed by atoms with van der Waals surface area (Å²) in [5, 5.41) is 7.45. The average molecular weight is 461 g/mol. The van der Waals surface area contributed by atoms with Crippen LogP contribution in [0.4, 0.5) is 19.1 Å². The second-order valence-electron chi connectivity index (χ2n) is 8.58. The summed E-state index contributed by atoms with van der Waals surface area (Å²) in [6.07, 6.45) is -0.902. The molecule has 0 aromatic carbocycles. The van der Waals surface area contributed by atoms with Crippen molar-refractivity contribution in [3.05, 3.63) is 29.2 Å². The Labute approximate surface area is 189 Å². The zero-order valence-electron chi connectivity index (χ0n) is 18.8. The molecule has 1 saturated carbocycles. The van der Waals surface area contributed by atoms with E-state index in [9.17, 15) is 13.2 Å². The third-order valence-corrected chi connectivity index (χ3v) is 6.05. The van der Waals surface area contributed by atoms with Gasteiger partial charge >= 0.3 is 6.18 Å². The Kier molecular flexibility index (Phi) is 6.42. The average Bonchev–Trinajstić information content (AvgIpc) is 2.71. The number of ether oxygens (including phenoxy) is 1. The third-order valence-electron chi connectivity index (χ3n) is 6.05. The van der Waals surface area contributed by atoms with Crippen LogP contribution in [-0.4, -0.2) is 64.3 Å². The molecule has 4 rings (SSSR count). The Morgan fingerprint density at radius 1 is 1.24 bits per heavy atom. The molecular formula is C22H26F3N7O. The van der Waals surface area contributed by atoms with Gasteiger partial charge in [0.15, 0.2) is 5.65 Å². The number of halogens is 3. The number of nitrogens with zero attached hydrogens (tertiary/aromatic N) is 7. The Hall–Kier alpha value is -2.95. The first-order chi connectivity index (χ1) is 15.7. The van der Waals surface area contributed by atoms with Gasteiger partial charge < -0.3 is 9.64 Å². The van der Waals surface area contributed by atoms with E-state index < -0.39 is 12.1 Å². The van der Waals surface area contributed by atoms with Gasteiger partial charge in [-0.05, 0) is 45.3 Å². The number of anilines is 1. The van der Waals surface area contributed by atoms with E-state index in [1.165, 1.54) is 0 Å². The van der Waals surface area contributed by atoms with Gasteiger partial charge in [-0.3, -0.25) is 0 Å². The predicted octanol–water partition coefficient (Wildman–Crippen LogP) is 4.01. The second-order valence-corrected chi connectivity index (χ2v) is 8.58. The van der Waals surface area contributed by atoms with E-state index in [0.29, 0.717) is 53.9 Å². The van der Waals surface area contributed by atoms with E-state index >= 15 is 0 Å². The number of allylic oxidation sites excluding steroid dienone is 1. The minimum absolute atomic E-state index is 0.00808. The number of rotatable bonds is 5. The molecule has 176 valence electrons. The summed E-state index contributed by atoms with van der Waals surface area (Å²) in [4.78, 5) is 20.2. The Morgan fingerprint density at radius 3 is 2.70 bits per heavy atom. The maximum atomic E-state index is 13.1. The highest BCUT2D eigenvalue weighted by Crippen LogP contribution is 2.50. The highest BCUT2D eigenvalue weighted by Gasteiger charge is 2.49. The van der Waals surface area contributed by atoms with Crippen molar-refractivity contribution < 1.29 is 17.9 Å². The molecular weight excluding hydrogens is 435 g/mol. The molecule has 0 bridgehead atoms. The van der Waals surface area contributed by atoms with Crippen LogP contribution in [0.3, 0.4) is 0 Å². The summed E-state index contributed by atoms with van der Waals surface area (Å²) in [7, 11) is 0. The quantitative estimate of drug-likeness (QED) is 0.494. The minimum atomic E-state index is -4.19. The maximum absolute atomic E-state index is 13.1. The van der Waals surface area contributed by atoms with E-state index in [2.05, 4.69) is 31.9 Å². The van der Waals surface area contributed by atoms with Gasteiger partial charge in [-0.15, -0.1) is 0 Å². The number of aryl methyl sites for hydroxylation is 1. The number of morpholine rings is 1. The van der Waals surface area contributed by atoms with Crippen LogP contribution in [-0.2, 0) is 4.74 Å². The van der Waals surface area contributed by atoms with Gasteiger partial charge in [-0.1, -0.05) is 0 Å². The molecule has 2 aromatic rings. The summed E-state index contributed by atoms with van der Waals surface area (Å²) in [6.45, 7) is 10.5. The van der Waals surface area contributed by atoms with Crippen LogP contribution in [0, 0.1) is 12.8 Å². The molecule has 2 fully saturated rings. The fourth-order valence-electron chi connectivity index (χ4n) is 4.21. The van der Waals surface area contributed by atoms with E-state index in [1.54, 1.807) is 13.1 Å². The SMILES string of the molecule is C=N/N=C(C)\C=C(/C)[C@@H]1CN(c2nc3nc(C)cnc3c([C@H]3C[C@H](C(F)(F)F)C3)n2)CCO1. The maximum Gasteiger partial charge on any atom is 0.391 e. The van der Waals surface area contributed by atoms with E-state index in [0.717, 1.165) is 5.57 Å². The van der Waals surface area contributed by atoms with Crippen molar-refractivity contribution >= 4 is 29.5 Å². The largest absolute Gasteiger partial charge is 0.391 e. The Bertz CT molecular complexity index is 1110. The first-order valence-corrected chi connectivity index (χ1v) is 10.8. The summed E-state index contributed by atoms with van der Waals surface area (Å²) in [6, 6.07) is 0. The molecule has 0 spiro atoms. The molecule has 11 heteroatoms. The van der Waals surface area contributed by atoms with Crippen molar-refractivity contribution in [2.24, 2.45) is 16.1 Å². The molecule has 0 radical (unpaired) electrons. The Balaban J connectivity index is 1.64. The van der Waals surface area contributed by atoms with Crippen LogP contribution in [0.15, 0.2) is 28.0 Å². The van der Waals surface area contributed by atoms with E-state index in [4.69, 9.17) is 9.72 Å². The van der Waals surface area contributed by atoms with Crippen LogP contribution in [0.5, 0.6) is 0 Å². The molecule has 3 heterocycles. The van der Waals surface area contributed by atoms with Crippen LogP contribution in [0.1, 0.15) is 44.0 Å². The van der Waals surface area contributed by atoms with Crippen molar-refractivity contribution in [3.63, 3.8) is 0 Å². The lowest BCUT2D eigenvalue weighted by Crippen LogP contribution is -2.44. The van der Waals surface area contributed by atoms with Crippen molar-refractivity contribution in [2.75, 3.05) is 24.6 Å². The van der Waals surface area contributed by atoms with Crippen LogP contribution in [0.25, 0.3) is 11.2 Å². The van der Waals surface area contributed by atoms with Crippen molar-refractivity contribution in [3.8, 4) is 0 Å². The number of fused-ring (bicyclic) bond motifs is 1. The Morgan fingerprint density at radius 2 is 2.00 bits per heavy atom. The second kappa shape index (κ2) is 9.12. The summed E-state index contributed by atoms with van der Waals surface area (Å²) >= 11 is 0. The lowest BCUT2D eigenvalue weighted by atomic mass is 9.72. The zero-order chi connectivity index (χ0) is 23.8. The highest BCUT2D eigenvalue weighted by atomic mass is 19.4. The first kappa shape index (κ1) is 23.2. The molecule has 1 aliphatic heterocycles. The standard InChI is InChI=1S/C22H26F3N7O/c1-12(7-13(2)31-26-4)17-11-32(5-6-33-17)21-29-18(15-8-16(9-15)22(23,24)25)19-20(30-21)28-14(3)10-27-19/h7,10,15-17H,4-6,8-9,11H2,1-3H3/b12-7+,31-13-/t15-,16-,17-/m0/s1. The summed E-state index contributed by atoms with van der Waals surface area (Å²) in [5.74, 6) is -1.18. The van der Waals surface area contributed by atoms with E-state index in [-0.39, 0.29) is 24.9 Å².